The molecule has 4 rings (SSSR count). The molecule has 1 aliphatic heterocycles. The van der Waals surface area contributed by atoms with Gasteiger partial charge in [0.05, 0.1) is 21.8 Å². The van der Waals surface area contributed by atoms with Gasteiger partial charge in [-0.05, 0) is 83.7 Å². The molecule has 0 radical (unpaired) electrons. The molecular formula is C32H39Cl3N4O4. The SMILES string of the molecule is CC#CC(C)Oc1ccc(Cl)cc1C(N)=O.CC#C[C@H](C)Oc1cc(N)c(Cl)cc1C(=O)NC1C2CCC1CN(C)C2.Cl. The Bertz CT molecular complexity index is 1420. The molecule has 1 saturated heterocycles. The Balaban J connectivity index is 0.000000328. The van der Waals surface area contributed by atoms with E-state index < -0.39 is 5.91 Å². The van der Waals surface area contributed by atoms with Crippen molar-refractivity contribution >= 4 is 53.1 Å². The number of primary amides is 1. The number of amides is 2. The number of hydrogen-bond donors (Lipinski definition) is 3. The molecule has 4 atom stereocenters. The number of nitrogen functional groups attached to an aromatic ring is 1. The Morgan fingerprint density at radius 1 is 0.953 bits per heavy atom. The molecule has 0 aromatic heterocycles. The van der Waals surface area contributed by atoms with E-state index in [0.29, 0.717) is 44.6 Å². The lowest BCUT2D eigenvalue weighted by atomic mass is 9.92. The first-order valence-corrected chi connectivity index (χ1v) is 14.5. The maximum atomic E-state index is 13.0. The Hall–Kier alpha value is -3.27. The van der Waals surface area contributed by atoms with E-state index in [9.17, 15) is 9.59 Å². The normalized spacial score (nSPS) is 19.8. The van der Waals surface area contributed by atoms with Crippen LogP contribution in [0.4, 0.5) is 5.69 Å². The van der Waals surface area contributed by atoms with Gasteiger partial charge in [0.25, 0.3) is 11.8 Å². The second-order valence-corrected chi connectivity index (χ2v) is 11.3. The highest BCUT2D eigenvalue weighted by Crippen LogP contribution is 2.37. The van der Waals surface area contributed by atoms with Crippen molar-refractivity contribution in [2.75, 3.05) is 25.9 Å². The number of carbonyl (C=O) groups is 2. The van der Waals surface area contributed by atoms with Crippen LogP contribution in [-0.2, 0) is 0 Å². The first kappa shape index (κ1) is 35.9. The summed E-state index contributed by atoms with van der Waals surface area (Å²) in [5.74, 6) is 12.4. The predicted octanol–water partition coefficient (Wildman–Crippen LogP) is 5.43. The molecule has 2 aromatic rings. The van der Waals surface area contributed by atoms with Crippen molar-refractivity contribution in [2.45, 2.75) is 58.8 Å². The van der Waals surface area contributed by atoms with Crippen molar-refractivity contribution in [2.24, 2.45) is 17.6 Å². The molecule has 232 valence electrons. The van der Waals surface area contributed by atoms with Gasteiger partial charge in [-0.15, -0.1) is 24.2 Å². The second kappa shape index (κ2) is 16.5. The van der Waals surface area contributed by atoms with Gasteiger partial charge in [0.1, 0.15) is 11.5 Å². The number of benzene rings is 2. The van der Waals surface area contributed by atoms with Crippen molar-refractivity contribution in [3.8, 4) is 35.2 Å². The van der Waals surface area contributed by atoms with Crippen LogP contribution in [0.2, 0.25) is 10.0 Å². The van der Waals surface area contributed by atoms with E-state index in [2.05, 4.69) is 40.9 Å². The molecule has 0 spiro atoms. The minimum atomic E-state index is -0.575. The minimum Gasteiger partial charge on any atom is -0.477 e. The maximum absolute atomic E-state index is 13.0. The molecule has 5 N–H and O–H groups in total. The van der Waals surface area contributed by atoms with E-state index in [4.69, 9.17) is 44.1 Å². The van der Waals surface area contributed by atoms with Crippen molar-refractivity contribution in [3.05, 3.63) is 51.5 Å². The van der Waals surface area contributed by atoms with E-state index >= 15 is 0 Å². The average Bonchev–Trinajstić information content (AvgIpc) is 3.15. The number of hydrogen-bond acceptors (Lipinski definition) is 6. The standard InChI is InChI=1S/C20H26ClN3O2.C12H12ClNO2.ClH/c1-4-5-12(2)26-18-9-17(22)16(21)8-15(18)20(25)23-19-13-6-7-14(19)11-24(3)10-13;1-3-4-8(2)16-11-6-5-9(13)7-10(11)12(14)15;/h8-9,12-14,19H,6-7,10-11,22H2,1-3H3,(H,23,25);5-8H,1-2H3,(H2,14,15);1H/t12-,13?,14?,19?;;/m0../s1. The number of halogens is 3. The van der Waals surface area contributed by atoms with Crippen LogP contribution < -0.4 is 26.3 Å². The van der Waals surface area contributed by atoms with Crippen LogP contribution in [0.3, 0.4) is 0 Å². The number of likely N-dealkylation sites (tertiary alicyclic amines) is 1. The molecule has 1 saturated carbocycles. The van der Waals surface area contributed by atoms with Crippen LogP contribution in [0.15, 0.2) is 30.3 Å². The fourth-order valence-corrected chi connectivity index (χ4v) is 5.75. The summed E-state index contributed by atoms with van der Waals surface area (Å²) in [4.78, 5) is 26.5. The zero-order valence-corrected chi connectivity index (χ0v) is 27.3. The van der Waals surface area contributed by atoms with E-state index in [0.717, 1.165) is 25.9 Å². The molecule has 2 aliphatic rings. The average molecular weight is 650 g/mol. The molecule has 2 amide bonds. The smallest absolute Gasteiger partial charge is 0.255 e. The number of rotatable bonds is 7. The number of piperidine rings is 1. The molecule has 8 nitrogen and oxygen atoms in total. The second-order valence-electron chi connectivity index (χ2n) is 10.5. The fraction of sp³-hybridized carbons (Fsp3) is 0.438. The van der Waals surface area contributed by atoms with Crippen LogP contribution in [0, 0.1) is 35.5 Å². The van der Waals surface area contributed by atoms with Gasteiger partial charge in [-0.1, -0.05) is 35.0 Å². The fourth-order valence-electron chi connectivity index (χ4n) is 5.41. The maximum Gasteiger partial charge on any atom is 0.255 e. The highest BCUT2D eigenvalue weighted by molar-refractivity contribution is 6.33. The third kappa shape index (κ3) is 9.88. The molecular weight excluding hydrogens is 611 g/mol. The van der Waals surface area contributed by atoms with Gasteiger partial charge in [-0.2, -0.15) is 0 Å². The molecule has 1 heterocycles. The van der Waals surface area contributed by atoms with Crippen LogP contribution in [-0.4, -0.2) is 55.1 Å². The van der Waals surface area contributed by atoms with Gasteiger partial charge in [0, 0.05) is 30.2 Å². The third-order valence-corrected chi connectivity index (χ3v) is 7.73. The molecule has 1 aliphatic carbocycles. The van der Waals surface area contributed by atoms with Gasteiger partial charge in [-0.25, -0.2) is 0 Å². The Labute approximate surface area is 270 Å². The molecule has 2 aromatic carbocycles. The highest BCUT2D eigenvalue weighted by Gasteiger charge is 2.42. The lowest BCUT2D eigenvalue weighted by Crippen LogP contribution is -2.51. The number of nitrogens with one attached hydrogen (secondary N) is 1. The van der Waals surface area contributed by atoms with Gasteiger partial charge in [0.15, 0.2) is 12.2 Å². The summed E-state index contributed by atoms with van der Waals surface area (Å²) in [5.41, 5.74) is 12.2. The first-order valence-electron chi connectivity index (χ1n) is 13.8. The van der Waals surface area contributed by atoms with Gasteiger partial charge in [-0.3, -0.25) is 9.59 Å². The summed E-state index contributed by atoms with van der Waals surface area (Å²) >= 11 is 11.9. The number of nitrogens with two attached hydrogens (primary N) is 2. The topological polar surface area (TPSA) is 120 Å². The summed E-state index contributed by atoms with van der Waals surface area (Å²) in [7, 11) is 2.14. The van der Waals surface area contributed by atoms with Gasteiger partial charge >= 0.3 is 0 Å². The number of carbonyl (C=O) groups excluding carboxylic acids is 2. The molecule has 11 heteroatoms. The van der Waals surface area contributed by atoms with Crippen molar-refractivity contribution in [1.29, 1.82) is 0 Å². The van der Waals surface area contributed by atoms with E-state index in [-0.39, 0.29) is 42.1 Å². The summed E-state index contributed by atoms with van der Waals surface area (Å²) in [6, 6.07) is 8.12. The largest absolute Gasteiger partial charge is 0.477 e. The van der Waals surface area contributed by atoms with Crippen LogP contribution in [0.5, 0.6) is 11.5 Å². The highest BCUT2D eigenvalue weighted by atomic mass is 35.5. The lowest BCUT2D eigenvalue weighted by Gasteiger charge is -2.36. The van der Waals surface area contributed by atoms with Crippen LogP contribution >= 0.6 is 35.6 Å². The number of anilines is 1. The van der Waals surface area contributed by atoms with Crippen molar-refractivity contribution < 1.29 is 19.1 Å². The first-order chi connectivity index (χ1) is 19.9. The summed E-state index contributed by atoms with van der Waals surface area (Å²) in [6.07, 6.45) is 1.68. The Morgan fingerprint density at radius 3 is 2.05 bits per heavy atom. The van der Waals surface area contributed by atoms with E-state index in [1.807, 2.05) is 6.92 Å². The van der Waals surface area contributed by atoms with Crippen molar-refractivity contribution in [1.82, 2.24) is 10.2 Å². The Morgan fingerprint density at radius 2 is 1.51 bits per heavy atom. The van der Waals surface area contributed by atoms with E-state index in [1.54, 1.807) is 45.0 Å². The monoisotopic (exact) mass is 648 g/mol. The summed E-state index contributed by atoms with van der Waals surface area (Å²) in [5, 5.41) is 4.02. The number of nitrogens with zero attached hydrogens (tertiary/aromatic N) is 1. The molecule has 43 heavy (non-hydrogen) atoms. The predicted molar refractivity (Wildman–Crippen MR) is 175 cm³/mol. The molecule has 2 bridgehead atoms. The van der Waals surface area contributed by atoms with E-state index in [1.165, 1.54) is 6.07 Å². The zero-order chi connectivity index (χ0) is 31.0. The van der Waals surface area contributed by atoms with Crippen LogP contribution in [0.25, 0.3) is 0 Å². The molecule has 3 unspecified atom stereocenters. The van der Waals surface area contributed by atoms with Gasteiger partial charge in [0.2, 0.25) is 0 Å². The lowest BCUT2D eigenvalue weighted by molar-refractivity contribution is 0.0856. The molecule has 2 fully saturated rings. The minimum absolute atomic E-state index is 0. The van der Waals surface area contributed by atoms with Crippen molar-refractivity contribution in [3.63, 3.8) is 0 Å². The summed E-state index contributed by atoms with van der Waals surface area (Å²) in [6.45, 7) is 9.14. The van der Waals surface area contributed by atoms with Gasteiger partial charge < -0.3 is 31.2 Å². The summed E-state index contributed by atoms with van der Waals surface area (Å²) < 4.78 is 11.3. The third-order valence-electron chi connectivity index (χ3n) is 7.17. The zero-order valence-electron chi connectivity index (χ0n) is 25.0. The number of ether oxygens (including phenoxy) is 2. The van der Waals surface area contributed by atoms with Crippen LogP contribution in [0.1, 0.15) is 61.3 Å². The number of fused-ring (bicyclic) bond motifs is 2. The quantitative estimate of drug-likeness (QED) is 0.272. The Kier molecular flexibility index (Phi) is 13.8.